The van der Waals surface area contributed by atoms with E-state index in [2.05, 4.69) is 0 Å². The molecule has 5 heteroatoms. The van der Waals surface area contributed by atoms with Gasteiger partial charge in [-0.1, -0.05) is 12.2 Å². The van der Waals surface area contributed by atoms with Crippen LogP contribution in [-0.4, -0.2) is 41.6 Å². The molecule has 1 saturated heterocycles. The molecular weight excluding hydrogens is 224 g/mol. The number of carbonyl (C=O) groups excluding carboxylic acids is 1. The van der Waals surface area contributed by atoms with Crippen molar-refractivity contribution in [3.8, 4) is 0 Å². The molecule has 0 spiro atoms. The highest BCUT2D eigenvalue weighted by Gasteiger charge is 2.34. The molecule has 1 aliphatic rings. The molecule has 16 heavy (non-hydrogen) atoms. The molecule has 1 rings (SSSR count). The summed E-state index contributed by atoms with van der Waals surface area (Å²) >= 11 is 4.99. The van der Waals surface area contributed by atoms with Gasteiger partial charge in [0.1, 0.15) is 5.60 Å². The first kappa shape index (κ1) is 13.4. The Morgan fingerprint density at radius 1 is 1.56 bits per heavy atom. The summed E-state index contributed by atoms with van der Waals surface area (Å²) in [6.45, 7) is 4.95. The Morgan fingerprint density at radius 3 is 2.69 bits per heavy atom. The minimum Gasteiger partial charge on any atom is -0.393 e. The fourth-order valence-corrected chi connectivity index (χ4v) is 2.05. The quantitative estimate of drug-likeness (QED) is 0.751. The highest BCUT2D eigenvalue weighted by atomic mass is 32.1. The number of ether oxygens (including phenoxy) is 1. The smallest absolute Gasteiger partial charge is 0.254 e. The van der Waals surface area contributed by atoms with E-state index in [0.29, 0.717) is 11.5 Å². The molecular formula is C11H20N2O2S. The number of amides is 1. The Balaban J connectivity index is 2.67. The van der Waals surface area contributed by atoms with E-state index in [1.54, 1.807) is 25.9 Å². The average Bonchev–Trinajstić information content (AvgIpc) is 2.28. The third-order valence-corrected chi connectivity index (χ3v) is 3.47. The molecule has 1 heterocycles. The summed E-state index contributed by atoms with van der Waals surface area (Å²) < 4.78 is 5.19. The van der Waals surface area contributed by atoms with E-state index in [9.17, 15) is 4.79 Å². The molecule has 2 N–H and O–H groups in total. The number of piperidine rings is 1. The van der Waals surface area contributed by atoms with E-state index in [0.717, 1.165) is 19.4 Å². The molecule has 0 bridgehead atoms. The normalized spacial score (nSPS) is 21.9. The monoisotopic (exact) mass is 244 g/mol. The van der Waals surface area contributed by atoms with Gasteiger partial charge in [0, 0.05) is 26.1 Å². The highest BCUT2D eigenvalue weighted by Crippen LogP contribution is 2.21. The summed E-state index contributed by atoms with van der Waals surface area (Å²) in [6, 6.07) is 0. The number of nitrogens with zero attached hydrogens (tertiary/aromatic N) is 1. The Kier molecular flexibility index (Phi) is 4.27. The topological polar surface area (TPSA) is 55.6 Å². The van der Waals surface area contributed by atoms with Crippen LogP contribution in [0.4, 0.5) is 0 Å². The van der Waals surface area contributed by atoms with Gasteiger partial charge in [-0.15, -0.1) is 0 Å². The van der Waals surface area contributed by atoms with Crippen molar-refractivity contribution in [2.45, 2.75) is 32.3 Å². The van der Waals surface area contributed by atoms with E-state index < -0.39 is 5.60 Å². The third-order valence-electron chi connectivity index (χ3n) is 3.14. The summed E-state index contributed by atoms with van der Waals surface area (Å²) in [7, 11) is 1.55. The summed E-state index contributed by atoms with van der Waals surface area (Å²) in [5.41, 5.74) is 4.87. The maximum absolute atomic E-state index is 12.1. The SMILES string of the molecule is COC(C)(C)C(=O)N1CCCC(C(N)=S)C1. The van der Waals surface area contributed by atoms with Gasteiger partial charge in [0.05, 0.1) is 4.99 Å². The van der Waals surface area contributed by atoms with Crippen LogP contribution in [0, 0.1) is 5.92 Å². The minimum atomic E-state index is -0.766. The Hall–Kier alpha value is -0.680. The third kappa shape index (κ3) is 2.92. The Morgan fingerprint density at radius 2 is 2.19 bits per heavy atom. The fraction of sp³-hybridized carbons (Fsp3) is 0.818. The lowest BCUT2D eigenvalue weighted by molar-refractivity contribution is -0.152. The largest absolute Gasteiger partial charge is 0.393 e. The summed E-state index contributed by atoms with van der Waals surface area (Å²) in [6.07, 6.45) is 1.93. The zero-order chi connectivity index (χ0) is 12.3. The number of thiocarbonyl (C=S) groups is 1. The van der Waals surface area contributed by atoms with Crippen molar-refractivity contribution >= 4 is 23.1 Å². The summed E-state index contributed by atoms with van der Waals surface area (Å²) in [5.74, 6) is 0.163. The number of carbonyl (C=O) groups is 1. The Bertz CT molecular complexity index is 292. The standard InChI is InChI=1S/C11H20N2O2S/c1-11(2,15-3)10(14)13-6-4-5-8(7-13)9(12)16/h8H,4-7H2,1-3H3,(H2,12,16). The van der Waals surface area contributed by atoms with Crippen molar-refractivity contribution in [1.82, 2.24) is 4.90 Å². The van der Waals surface area contributed by atoms with E-state index in [1.165, 1.54) is 0 Å². The van der Waals surface area contributed by atoms with Gasteiger partial charge in [0.25, 0.3) is 5.91 Å². The lowest BCUT2D eigenvalue weighted by atomic mass is 9.96. The van der Waals surface area contributed by atoms with Crippen LogP contribution in [0.25, 0.3) is 0 Å². The van der Waals surface area contributed by atoms with Crippen LogP contribution < -0.4 is 5.73 Å². The second kappa shape index (κ2) is 5.10. The molecule has 92 valence electrons. The van der Waals surface area contributed by atoms with Crippen LogP contribution in [-0.2, 0) is 9.53 Å². The molecule has 1 aliphatic heterocycles. The average molecular weight is 244 g/mol. The van der Waals surface area contributed by atoms with Gasteiger partial charge >= 0.3 is 0 Å². The van der Waals surface area contributed by atoms with Gasteiger partial charge < -0.3 is 15.4 Å². The van der Waals surface area contributed by atoms with Crippen molar-refractivity contribution in [2.24, 2.45) is 11.7 Å². The van der Waals surface area contributed by atoms with Crippen LogP contribution in [0.3, 0.4) is 0 Å². The number of hydrogen-bond acceptors (Lipinski definition) is 3. The maximum Gasteiger partial charge on any atom is 0.254 e. The summed E-state index contributed by atoms with van der Waals surface area (Å²) in [5, 5.41) is 0. The fourth-order valence-electron chi connectivity index (χ4n) is 1.86. The molecule has 1 atom stereocenters. The molecule has 0 aromatic heterocycles. The van der Waals surface area contributed by atoms with E-state index in [-0.39, 0.29) is 11.8 Å². The highest BCUT2D eigenvalue weighted by molar-refractivity contribution is 7.80. The van der Waals surface area contributed by atoms with Crippen molar-refractivity contribution in [1.29, 1.82) is 0 Å². The van der Waals surface area contributed by atoms with E-state index in [1.807, 2.05) is 0 Å². The van der Waals surface area contributed by atoms with Crippen molar-refractivity contribution in [3.05, 3.63) is 0 Å². The van der Waals surface area contributed by atoms with Gasteiger partial charge in [-0.2, -0.15) is 0 Å². The molecule has 0 aliphatic carbocycles. The second-order valence-corrected chi connectivity index (χ2v) is 5.18. The molecule has 0 aromatic carbocycles. The van der Waals surface area contributed by atoms with Crippen molar-refractivity contribution in [3.63, 3.8) is 0 Å². The molecule has 0 saturated carbocycles. The predicted molar refractivity (Wildman–Crippen MR) is 67.2 cm³/mol. The van der Waals surface area contributed by atoms with Crippen molar-refractivity contribution < 1.29 is 9.53 Å². The van der Waals surface area contributed by atoms with Crippen LogP contribution in [0.15, 0.2) is 0 Å². The number of nitrogens with two attached hydrogens (primary N) is 1. The van der Waals surface area contributed by atoms with Crippen LogP contribution in [0.1, 0.15) is 26.7 Å². The van der Waals surface area contributed by atoms with Crippen LogP contribution in [0.2, 0.25) is 0 Å². The van der Waals surface area contributed by atoms with E-state index in [4.69, 9.17) is 22.7 Å². The van der Waals surface area contributed by atoms with Gasteiger partial charge in [0.15, 0.2) is 0 Å². The zero-order valence-corrected chi connectivity index (χ0v) is 11.0. The second-order valence-electron chi connectivity index (χ2n) is 4.71. The van der Waals surface area contributed by atoms with Gasteiger partial charge in [-0.3, -0.25) is 4.79 Å². The van der Waals surface area contributed by atoms with Gasteiger partial charge in [-0.05, 0) is 26.7 Å². The van der Waals surface area contributed by atoms with Crippen LogP contribution in [0.5, 0.6) is 0 Å². The van der Waals surface area contributed by atoms with Gasteiger partial charge in [-0.25, -0.2) is 0 Å². The van der Waals surface area contributed by atoms with Crippen LogP contribution >= 0.6 is 12.2 Å². The molecule has 1 amide bonds. The Labute approximate surface area is 102 Å². The number of rotatable bonds is 3. The first-order valence-electron chi connectivity index (χ1n) is 5.52. The first-order valence-corrected chi connectivity index (χ1v) is 5.93. The zero-order valence-electron chi connectivity index (χ0n) is 10.2. The lowest BCUT2D eigenvalue weighted by Gasteiger charge is -2.36. The van der Waals surface area contributed by atoms with Gasteiger partial charge in [0.2, 0.25) is 0 Å². The van der Waals surface area contributed by atoms with Crippen molar-refractivity contribution in [2.75, 3.05) is 20.2 Å². The molecule has 1 fully saturated rings. The molecule has 0 radical (unpaired) electrons. The molecule has 4 nitrogen and oxygen atoms in total. The lowest BCUT2D eigenvalue weighted by Crippen LogP contribution is -2.51. The van der Waals surface area contributed by atoms with E-state index >= 15 is 0 Å². The maximum atomic E-state index is 12.1. The molecule has 1 unspecified atom stereocenters. The minimum absolute atomic E-state index is 0.0101. The number of methoxy groups -OCH3 is 1. The number of likely N-dealkylation sites (tertiary alicyclic amines) is 1. The first-order chi connectivity index (χ1) is 7.38. The predicted octanol–water partition coefficient (Wildman–Crippen LogP) is 0.936. The number of hydrogen-bond donors (Lipinski definition) is 1. The summed E-state index contributed by atoms with van der Waals surface area (Å²) in [4.78, 5) is 14.4. The molecule has 0 aromatic rings.